The topological polar surface area (TPSA) is 108 Å². The number of hydrogen-bond donors (Lipinski definition) is 3. The van der Waals surface area contributed by atoms with Gasteiger partial charge in [0.15, 0.2) is 0 Å². The van der Waals surface area contributed by atoms with E-state index in [4.69, 9.17) is 4.74 Å². The Morgan fingerprint density at radius 1 is 0.930 bits per heavy atom. The number of alkyl carbamates (subject to hydrolysis) is 1. The van der Waals surface area contributed by atoms with Crippen LogP contribution in [0.5, 0.6) is 5.75 Å². The molecule has 8 nitrogen and oxygen atoms in total. The molecule has 0 fully saturated rings. The number of anilines is 1. The average molecular weight is 588 g/mol. The van der Waals surface area contributed by atoms with Crippen molar-refractivity contribution in [3.63, 3.8) is 0 Å². The van der Waals surface area contributed by atoms with Crippen LogP contribution in [0.4, 0.5) is 10.5 Å². The zero-order chi connectivity index (χ0) is 31.7. The third-order valence-electron chi connectivity index (χ3n) is 7.05. The molecule has 8 heteroatoms. The molecule has 0 aliphatic carbocycles. The molecule has 0 aromatic heterocycles. The molecule has 0 spiro atoms. The number of carbonyl (C=O) groups excluding carboxylic acids is 3. The van der Waals surface area contributed by atoms with E-state index in [0.29, 0.717) is 24.2 Å². The van der Waals surface area contributed by atoms with Gasteiger partial charge in [0.2, 0.25) is 5.91 Å². The molecule has 0 bridgehead atoms. The van der Waals surface area contributed by atoms with Crippen molar-refractivity contribution in [1.82, 2.24) is 10.2 Å². The van der Waals surface area contributed by atoms with Crippen LogP contribution in [0.3, 0.4) is 0 Å². The summed E-state index contributed by atoms with van der Waals surface area (Å²) in [6, 6.07) is 17.9. The summed E-state index contributed by atoms with van der Waals surface area (Å²) in [5.41, 5.74) is 4.13. The first-order valence-electron chi connectivity index (χ1n) is 14.8. The van der Waals surface area contributed by atoms with Gasteiger partial charge in [-0.3, -0.25) is 9.59 Å². The van der Waals surface area contributed by atoms with Crippen LogP contribution < -0.4 is 10.6 Å². The van der Waals surface area contributed by atoms with Gasteiger partial charge in [-0.05, 0) is 82.3 Å². The van der Waals surface area contributed by atoms with Gasteiger partial charge in [-0.25, -0.2) is 4.79 Å². The van der Waals surface area contributed by atoms with E-state index in [1.165, 1.54) is 12.1 Å². The first kappa shape index (κ1) is 33.2. The molecule has 43 heavy (non-hydrogen) atoms. The predicted molar refractivity (Wildman–Crippen MR) is 170 cm³/mol. The summed E-state index contributed by atoms with van der Waals surface area (Å²) in [5, 5.41) is 15.7. The summed E-state index contributed by atoms with van der Waals surface area (Å²) in [4.78, 5) is 43.3. The van der Waals surface area contributed by atoms with Crippen molar-refractivity contribution >= 4 is 23.6 Å². The van der Waals surface area contributed by atoms with E-state index in [1.54, 1.807) is 37.8 Å². The molecule has 230 valence electrons. The second-order valence-electron chi connectivity index (χ2n) is 12.0. The maximum absolute atomic E-state index is 14.5. The van der Waals surface area contributed by atoms with Gasteiger partial charge in [0.05, 0.1) is 0 Å². The lowest BCUT2D eigenvalue weighted by molar-refractivity contribution is -0.140. The Balaban J connectivity index is 2.09. The fourth-order valence-electron chi connectivity index (χ4n) is 4.93. The highest BCUT2D eigenvalue weighted by Crippen LogP contribution is 2.28. The minimum atomic E-state index is -1.03. The van der Waals surface area contributed by atoms with Crippen molar-refractivity contribution in [2.24, 2.45) is 0 Å². The molecule has 0 saturated carbocycles. The zero-order valence-corrected chi connectivity index (χ0v) is 26.4. The first-order valence-corrected chi connectivity index (χ1v) is 14.8. The molecule has 3 amide bonds. The van der Waals surface area contributed by atoms with E-state index >= 15 is 0 Å². The van der Waals surface area contributed by atoms with Gasteiger partial charge >= 0.3 is 6.09 Å². The summed E-state index contributed by atoms with van der Waals surface area (Å²) in [6.07, 6.45) is 0.862. The lowest BCUT2D eigenvalue weighted by Crippen LogP contribution is -2.53. The maximum Gasteiger partial charge on any atom is 0.408 e. The van der Waals surface area contributed by atoms with Crippen LogP contribution in [0.1, 0.15) is 74.4 Å². The smallest absolute Gasteiger partial charge is 0.408 e. The van der Waals surface area contributed by atoms with Crippen LogP contribution >= 0.6 is 0 Å². The number of carbonyl (C=O) groups is 3. The van der Waals surface area contributed by atoms with Crippen LogP contribution in [0.15, 0.2) is 66.7 Å². The minimum Gasteiger partial charge on any atom is -0.508 e. The molecule has 0 aliphatic rings. The molecule has 0 saturated heterocycles. The molecule has 3 rings (SSSR count). The Labute approximate surface area is 255 Å². The van der Waals surface area contributed by atoms with Crippen LogP contribution in [0.25, 0.3) is 0 Å². The van der Waals surface area contributed by atoms with E-state index in [-0.39, 0.29) is 18.1 Å². The highest BCUT2D eigenvalue weighted by atomic mass is 16.6. The number of phenols is 1. The molecule has 3 aromatic rings. The molecular weight excluding hydrogens is 542 g/mol. The van der Waals surface area contributed by atoms with Crippen molar-refractivity contribution < 1.29 is 24.2 Å². The Bertz CT molecular complexity index is 1390. The number of nitrogens with zero attached hydrogens (tertiary/aromatic N) is 1. The SMILES string of the molecule is CCCCN(C(=O)C(Cc1ccc(O)cc1)NC(=O)OC(C)(C)C)C(C(=O)Nc1c(C)cccc1C)c1cccc(C)c1. The number of aryl methyl sites for hydroxylation is 3. The Kier molecular flexibility index (Phi) is 11.4. The molecule has 3 N–H and O–H groups in total. The van der Waals surface area contributed by atoms with Gasteiger partial charge < -0.3 is 25.4 Å². The maximum atomic E-state index is 14.5. The number of nitrogens with one attached hydrogen (secondary N) is 2. The summed E-state index contributed by atoms with van der Waals surface area (Å²) < 4.78 is 5.51. The standard InChI is InChI=1S/C35H45N3O5/c1-8-9-20-38(33(41)29(36-34(42)43-35(5,6)7)22-26-16-18-28(39)19-17-26)31(27-15-10-12-23(2)21-27)32(40)37-30-24(3)13-11-14-25(30)4/h10-19,21,29,31,39H,8-9,20,22H2,1-7H3,(H,36,42)(H,37,40). The normalized spacial score (nSPS) is 12.6. The lowest BCUT2D eigenvalue weighted by Gasteiger charge is -2.35. The first-order chi connectivity index (χ1) is 20.3. The number of unbranched alkanes of at least 4 members (excludes halogenated alkanes) is 1. The van der Waals surface area contributed by atoms with Gasteiger partial charge in [0, 0.05) is 18.7 Å². The Hall–Kier alpha value is -4.33. The molecule has 0 radical (unpaired) electrons. The number of benzene rings is 3. The number of para-hydroxylation sites is 1. The van der Waals surface area contributed by atoms with E-state index in [1.807, 2.05) is 70.2 Å². The Morgan fingerprint density at radius 3 is 2.14 bits per heavy atom. The largest absolute Gasteiger partial charge is 0.508 e. The average Bonchev–Trinajstić information content (AvgIpc) is 2.92. The van der Waals surface area contributed by atoms with Gasteiger partial charge in [-0.15, -0.1) is 0 Å². The second kappa shape index (κ2) is 14.7. The van der Waals surface area contributed by atoms with E-state index < -0.39 is 29.7 Å². The number of aromatic hydroxyl groups is 1. The number of ether oxygens (including phenoxy) is 1. The van der Waals surface area contributed by atoms with Crippen LogP contribution in [0.2, 0.25) is 0 Å². The molecule has 3 aromatic carbocycles. The van der Waals surface area contributed by atoms with Crippen LogP contribution in [0, 0.1) is 20.8 Å². The molecule has 0 heterocycles. The quantitative estimate of drug-likeness (QED) is 0.230. The highest BCUT2D eigenvalue weighted by molar-refractivity contribution is 6.00. The number of amides is 3. The minimum absolute atomic E-state index is 0.0963. The van der Waals surface area contributed by atoms with E-state index in [2.05, 4.69) is 10.6 Å². The predicted octanol–water partition coefficient (Wildman–Crippen LogP) is 6.76. The monoisotopic (exact) mass is 587 g/mol. The fraction of sp³-hybridized carbons (Fsp3) is 0.400. The van der Waals surface area contributed by atoms with Crippen molar-refractivity contribution in [2.75, 3.05) is 11.9 Å². The molecule has 2 unspecified atom stereocenters. The molecule has 0 aliphatic heterocycles. The summed E-state index contributed by atoms with van der Waals surface area (Å²) >= 11 is 0. The zero-order valence-electron chi connectivity index (χ0n) is 26.4. The third kappa shape index (κ3) is 9.60. The van der Waals surface area contributed by atoms with Crippen molar-refractivity contribution in [1.29, 1.82) is 0 Å². The number of hydrogen-bond acceptors (Lipinski definition) is 5. The summed E-state index contributed by atoms with van der Waals surface area (Å²) in [7, 11) is 0. The second-order valence-corrected chi connectivity index (χ2v) is 12.0. The summed E-state index contributed by atoms with van der Waals surface area (Å²) in [5.74, 6) is -0.650. The lowest BCUT2D eigenvalue weighted by atomic mass is 9.98. The molecular formula is C35H45N3O5. The van der Waals surface area contributed by atoms with Crippen molar-refractivity contribution in [3.8, 4) is 5.75 Å². The van der Waals surface area contributed by atoms with Gasteiger partial charge in [-0.1, -0.05) is 73.5 Å². The highest BCUT2D eigenvalue weighted by Gasteiger charge is 2.36. The van der Waals surface area contributed by atoms with E-state index in [0.717, 1.165) is 28.7 Å². The number of phenolic OH excluding ortho intramolecular Hbond substituents is 1. The van der Waals surface area contributed by atoms with Crippen molar-refractivity contribution in [2.45, 2.75) is 85.4 Å². The van der Waals surface area contributed by atoms with Gasteiger partial charge in [-0.2, -0.15) is 0 Å². The van der Waals surface area contributed by atoms with Crippen LogP contribution in [-0.2, 0) is 20.7 Å². The van der Waals surface area contributed by atoms with Gasteiger partial charge in [0.1, 0.15) is 23.4 Å². The van der Waals surface area contributed by atoms with Crippen LogP contribution in [-0.4, -0.2) is 46.1 Å². The van der Waals surface area contributed by atoms with Gasteiger partial charge in [0.25, 0.3) is 5.91 Å². The number of rotatable bonds is 11. The fourth-order valence-corrected chi connectivity index (χ4v) is 4.93. The third-order valence-corrected chi connectivity index (χ3v) is 7.05. The van der Waals surface area contributed by atoms with E-state index in [9.17, 15) is 19.5 Å². The summed E-state index contributed by atoms with van der Waals surface area (Å²) in [6.45, 7) is 13.4. The van der Waals surface area contributed by atoms with Crippen molar-refractivity contribution in [3.05, 3.63) is 94.5 Å². The Morgan fingerprint density at radius 2 is 1.56 bits per heavy atom. The molecule has 2 atom stereocenters.